The van der Waals surface area contributed by atoms with Crippen LogP contribution in [0, 0.1) is 5.41 Å². The van der Waals surface area contributed by atoms with Gasteiger partial charge in [-0.05, 0) is 36.1 Å². The first-order valence-corrected chi connectivity index (χ1v) is 8.17. The van der Waals surface area contributed by atoms with Crippen LogP contribution >= 0.6 is 0 Å². The van der Waals surface area contributed by atoms with Crippen LogP contribution in [0.2, 0.25) is 0 Å². The number of allylic oxidation sites excluding steroid dienone is 2. The molecule has 1 aromatic rings. The maximum absolute atomic E-state index is 12.6. The Balaban J connectivity index is 2.40. The van der Waals surface area contributed by atoms with E-state index in [1.54, 1.807) is 24.3 Å². The molecule has 0 bridgehead atoms. The molecule has 0 amide bonds. The van der Waals surface area contributed by atoms with E-state index in [4.69, 9.17) is 5.73 Å². The van der Waals surface area contributed by atoms with Crippen LogP contribution in [0.25, 0.3) is 0 Å². The van der Waals surface area contributed by atoms with Crippen molar-refractivity contribution in [2.45, 2.75) is 39.5 Å². The number of hydrogen-bond acceptors (Lipinski definition) is 6. The van der Waals surface area contributed by atoms with E-state index >= 15 is 0 Å². The van der Waals surface area contributed by atoms with Crippen LogP contribution in [-0.2, 0) is 14.3 Å². The normalized spacial score (nSPS) is 20.4. The quantitative estimate of drug-likeness (QED) is 0.377. The fourth-order valence-corrected chi connectivity index (χ4v) is 2.86. The van der Waals surface area contributed by atoms with Gasteiger partial charge < -0.3 is 15.6 Å². The van der Waals surface area contributed by atoms with E-state index in [2.05, 4.69) is 9.73 Å². The zero-order chi connectivity index (χ0) is 18.6. The smallest absolute Gasteiger partial charge is 0.305 e. The second-order valence-corrected chi connectivity index (χ2v) is 6.99. The second-order valence-electron chi connectivity index (χ2n) is 6.99. The lowest BCUT2D eigenvalue weighted by Crippen LogP contribution is -2.32. The number of hydrogen-bond donors (Lipinski definition) is 2. The third-order valence-corrected chi connectivity index (χ3v) is 4.09. The molecule has 0 radical (unpaired) electrons. The van der Waals surface area contributed by atoms with Gasteiger partial charge in [-0.15, -0.1) is 0 Å². The maximum Gasteiger partial charge on any atom is 0.305 e. The number of aliphatic imine (C=N–C) groups is 1. The number of aliphatic hydroxyl groups excluding tert-OH is 1. The highest BCUT2D eigenvalue weighted by Crippen LogP contribution is 2.36. The first-order chi connectivity index (χ1) is 11.7. The second kappa shape index (κ2) is 7.51. The first-order valence-electron chi connectivity index (χ1n) is 8.17. The van der Waals surface area contributed by atoms with Crippen molar-refractivity contribution in [2.75, 3.05) is 12.8 Å². The van der Waals surface area contributed by atoms with Gasteiger partial charge in [0.05, 0.1) is 30.5 Å². The number of methoxy groups -OCH3 is 1. The molecular formula is C19H24N2O4. The van der Waals surface area contributed by atoms with Gasteiger partial charge >= 0.3 is 5.97 Å². The van der Waals surface area contributed by atoms with Gasteiger partial charge in [0.2, 0.25) is 0 Å². The van der Waals surface area contributed by atoms with Crippen molar-refractivity contribution in [3.05, 3.63) is 35.6 Å². The number of aliphatic hydroxyl groups is 1. The van der Waals surface area contributed by atoms with E-state index in [1.165, 1.54) is 7.11 Å². The Kier molecular flexibility index (Phi) is 5.62. The molecule has 1 saturated carbocycles. The number of carbonyl (C=O) groups excluding carboxylic acids is 2. The summed E-state index contributed by atoms with van der Waals surface area (Å²) in [4.78, 5) is 28.5. The summed E-state index contributed by atoms with van der Waals surface area (Å²) in [7, 11) is 1.29. The molecule has 0 unspecified atom stereocenters. The number of rotatable bonds is 4. The van der Waals surface area contributed by atoms with Crippen LogP contribution in [0.15, 0.2) is 40.6 Å². The predicted molar refractivity (Wildman–Crippen MR) is 96.9 cm³/mol. The fourth-order valence-electron chi connectivity index (χ4n) is 2.86. The van der Waals surface area contributed by atoms with Crippen LogP contribution in [0.1, 0.15) is 39.5 Å². The highest BCUT2D eigenvalue weighted by atomic mass is 16.5. The number of anilines is 1. The van der Waals surface area contributed by atoms with E-state index in [0.29, 0.717) is 29.9 Å². The molecule has 1 aliphatic rings. The Hall–Kier alpha value is -2.63. The Morgan fingerprint density at radius 3 is 2.48 bits per heavy atom. The lowest BCUT2D eigenvalue weighted by molar-refractivity contribution is -0.140. The molecule has 3 N–H and O–H groups in total. The summed E-state index contributed by atoms with van der Waals surface area (Å²) in [5.74, 6) is -0.708. The van der Waals surface area contributed by atoms with Crippen molar-refractivity contribution in [2.24, 2.45) is 10.4 Å². The third-order valence-electron chi connectivity index (χ3n) is 4.09. The molecule has 0 aliphatic heterocycles. The fraction of sp³-hybridized carbons (Fsp3) is 0.421. The summed E-state index contributed by atoms with van der Waals surface area (Å²) in [6, 6.07) is 6.99. The molecule has 0 heterocycles. The Morgan fingerprint density at radius 1 is 1.24 bits per heavy atom. The predicted octanol–water partition coefficient (Wildman–Crippen LogP) is 3.50. The number of ether oxygens (including phenoxy) is 1. The summed E-state index contributed by atoms with van der Waals surface area (Å²) in [5.41, 5.74) is 7.49. The number of nitrogens with zero attached hydrogens (tertiary/aromatic N) is 1. The molecule has 0 spiro atoms. The lowest BCUT2D eigenvalue weighted by Gasteiger charge is -2.31. The van der Waals surface area contributed by atoms with Crippen molar-refractivity contribution in [3.8, 4) is 0 Å². The van der Waals surface area contributed by atoms with E-state index in [-0.39, 0.29) is 35.4 Å². The third kappa shape index (κ3) is 4.92. The van der Waals surface area contributed by atoms with E-state index in [9.17, 15) is 14.7 Å². The van der Waals surface area contributed by atoms with Gasteiger partial charge in [0, 0.05) is 18.5 Å². The molecule has 2 rings (SSSR count). The summed E-state index contributed by atoms with van der Waals surface area (Å²) in [6.07, 6.45) is 0.943. The number of carbonyl (C=O) groups is 2. The SMILES string of the molecule is COC(=O)CCC(O)=C1C(=O)CC(C)(C)CC1=Nc1ccc(N)cc1. The number of ketones is 1. The standard InChI is InChI=1S/C19H24N2O4/c1-19(2)10-14(21-13-6-4-12(20)5-7-13)18(16(23)11-19)15(22)8-9-17(24)25-3/h4-7,22H,8-11,20H2,1-3H3. The average Bonchev–Trinajstić information content (AvgIpc) is 2.53. The van der Waals surface area contributed by atoms with E-state index in [0.717, 1.165) is 0 Å². The summed E-state index contributed by atoms with van der Waals surface area (Å²) < 4.78 is 4.58. The highest BCUT2D eigenvalue weighted by molar-refractivity contribution is 6.25. The van der Waals surface area contributed by atoms with Crippen LogP contribution in [0.5, 0.6) is 0 Å². The molecule has 6 nitrogen and oxygen atoms in total. The highest BCUT2D eigenvalue weighted by Gasteiger charge is 2.36. The monoisotopic (exact) mass is 344 g/mol. The van der Waals surface area contributed by atoms with E-state index in [1.807, 2.05) is 13.8 Å². The molecule has 0 atom stereocenters. The molecule has 0 saturated heterocycles. The lowest BCUT2D eigenvalue weighted by atomic mass is 9.73. The number of Topliss-reactive ketones (excluding diaryl/α,β-unsaturated/α-hetero) is 1. The van der Waals surface area contributed by atoms with Crippen LogP contribution < -0.4 is 5.73 Å². The van der Waals surface area contributed by atoms with Gasteiger partial charge in [0.25, 0.3) is 0 Å². The minimum absolute atomic E-state index is 0.0116. The summed E-state index contributed by atoms with van der Waals surface area (Å²) >= 11 is 0. The van der Waals surface area contributed by atoms with Crippen LogP contribution in [0.4, 0.5) is 11.4 Å². The van der Waals surface area contributed by atoms with Crippen LogP contribution in [0.3, 0.4) is 0 Å². The van der Waals surface area contributed by atoms with Crippen molar-refractivity contribution in [3.63, 3.8) is 0 Å². The summed E-state index contributed by atoms with van der Waals surface area (Å²) in [6.45, 7) is 3.98. The molecule has 1 aliphatic carbocycles. The van der Waals surface area contributed by atoms with E-state index < -0.39 is 5.97 Å². The van der Waals surface area contributed by atoms with Crippen molar-refractivity contribution < 1.29 is 19.4 Å². The number of nitrogen functional groups attached to an aromatic ring is 1. The van der Waals surface area contributed by atoms with Gasteiger partial charge in [0.15, 0.2) is 5.78 Å². The zero-order valence-corrected chi connectivity index (χ0v) is 14.8. The van der Waals surface area contributed by atoms with Crippen molar-refractivity contribution >= 4 is 28.8 Å². The van der Waals surface area contributed by atoms with Crippen LogP contribution in [-0.4, -0.2) is 29.7 Å². The average molecular weight is 344 g/mol. The molecule has 134 valence electrons. The van der Waals surface area contributed by atoms with Gasteiger partial charge in [-0.2, -0.15) is 0 Å². The van der Waals surface area contributed by atoms with Crippen molar-refractivity contribution in [1.82, 2.24) is 0 Å². The molecular weight excluding hydrogens is 320 g/mol. The number of nitrogens with two attached hydrogens (primary N) is 1. The van der Waals surface area contributed by atoms with Gasteiger partial charge in [-0.3, -0.25) is 14.6 Å². The number of esters is 1. The van der Waals surface area contributed by atoms with Gasteiger partial charge in [-0.25, -0.2) is 0 Å². The van der Waals surface area contributed by atoms with Gasteiger partial charge in [0.1, 0.15) is 5.76 Å². The Morgan fingerprint density at radius 2 is 1.88 bits per heavy atom. The molecule has 1 aromatic carbocycles. The molecule has 6 heteroatoms. The van der Waals surface area contributed by atoms with Gasteiger partial charge in [-0.1, -0.05) is 13.8 Å². The zero-order valence-electron chi connectivity index (χ0n) is 14.8. The molecule has 25 heavy (non-hydrogen) atoms. The number of benzene rings is 1. The molecule has 0 aromatic heterocycles. The maximum atomic E-state index is 12.6. The first kappa shape index (κ1) is 18.7. The largest absolute Gasteiger partial charge is 0.511 e. The topological polar surface area (TPSA) is 102 Å². The minimum atomic E-state index is -0.437. The Labute approximate surface area is 147 Å². The summed E-state index contributed by atoms with van der Waals surface area (Å²) in [5, 5.41) is 10.4. The Bertz CT molecular complexity index is 730. The molecule has 1 fully saturated rings. The minimum Gasteiger partial charge on any atom is -0.511 e. The van der Waals surface area contributed by atoms with Crippen molar-refractivity contribution in [1.29, 1.82) is 0 Å².